The third-order valence-electron chi connectivity index (χ3n) is 3.95. The number of amides is 1. The van der Waals surface area contributed by atoms with Gasteiger partial charge in [0.1, 0.15) is 0 Å². The lowest BCUT2D eigenvalue weighted by Crippen LogP contribution is -2.45. The monoisotopic (exact) mass is 279 g/mol. The Labute approximate surface area is 119 Å². The highest BCUT2D eigenvalue weighted by Crippen LogP contribution is 2.18. The van der Waals surface area contributed by atoms with E-state index in [0.717, 1.165) is 38.9 Å². The van der Waals surface area contributed by atoms with Gasteiger partial charge in [-0.25, -0.2) is 4.98 Å². The summed E-state index contributed by atoms with van der Waals surface area (Å²) < 4.78 is 13.6. The van der Waals surface area contributed by atoms with Crippen molar-refractivity contribution in [3.05, 3.63) is 29.8 Å². The van der Waals surface area contributed by atoms with Gasteiger partial charge in [-0.3, -0.25) is 4.79 Å². The molecule has 1 saturated heterocycles. The SMILES string of the molecule is CCCN1CCC(N(C)C(=O)c2cccnc2F)CC1. The van der Waals surface area contributed by atoms with E-state index in [1.54, 1.807) is 18.0 Å². The summed E-state index contributed by atoms with van der Waals surface area (Å²) in [5.74, 6) is -0.961. The molecule has 1 aliphatic rings. The Morgan fingerprint density at radius 3 is 2.80 bits per heavy atom. The molecule has 2 rings (SSSR count). The van der Waals surface area contributed by atoms with Crippen LogP contribution >= 0.6 is 0 Å². The second-order valence-electron chi connectivity index (χ2n) is 5.33. The molecule has 0 atom stereocenters. The molecule has 0 bridgehead atoms. The fourth-order valence-corrected chi connectivity index (χ4v) is 2.75. The lowest BCUT2D eigenvalue weighted by Gasteiger charge is -2.36. The van der Waals surface area contributed by atoms with Crippen LogP contribution in [0.1, 0.15) is 36.5 Å². The van der Waals surface area contributed by atoms with Gasteiger partial charge >= 0.3 is 0 Å². The maximum atomic E-state index is 13.6. The van der Waals surface area contributed by atoms with Crippen LogP contribution in [-0.2, 0) is 0 Å². The first-order chi connectivity index (χ1) is 9.63. The van der Waals surface area contributed by atoms with E-state index in [1.165, 1.54) is 12.3 Å². The highest BCUT2D eigenvalue weighted by Gasteiger charge is 2.27. The summed E-state index contributed by atoms with van der Waals surface area (Å²) in [6, 6.07) is 3.27. The van der Waals surface area contributed by atoms with Crippen LogP contribution in [0.3, 0.4) is 0 Å². The summed E-state index contributed by atoms with van der Waals surface area (Å²) in [6.45, 7) is 5.30. The molecule has 0 saturated carbocycles. The Hall–Kier alpha value is -1.49. The van der Waals surface area contributed by atoms with Crippen molar-refractivity contribution < 1.29 is 9.18 Å². The molecule has 0 radical (unpaired) electrons. The molecule has 5 heteroatoms. The fraction of sp³-hybridized carbons (Fsp3) is 0.600. The molecule has 1 aromatic rings. The largest absolute Gasteiger partial charge is 0.338 e. The predicted molar refractivity (Wildman–Crippen MR) is 76.0 cm³/mol. The number of likely N-dealkylation sites (tertiary alicyclic amines) is 1. The van der Waals surface area contributed by atoms with Gasteiger partial charge in [0.25, 0.3) is 5.91 Å². The molecule has 0 spiro atoms. The number of halogens is 1. The zero-order valence-corrected chi connectivity index (χ0v) is 12.2. The van der Waals surface area contributed by atoms with Crippen LogP contribution in [0.4, 0.5) is 4.39 Å². The number of hydrogen-bond acceptors (Lipinski definition) is 3. The van der Waals surface area contributed by atoms with E-state index in [9.17, 15) is 9.18 Å². The molecular formula is C15H22FN3O. The van der Waals surface area contributed by atoms with E-state index in [-0.39, 0.29) is 17.5 Å². The summed E-state index contributed by atoms with van der Waals surface area (Å²) in [7, 11) is 1.76. The predicted octanol–water partition coefficient (Wildman–Crippen LogP) is 2.17. The maximum Gasteiger partial charge on any atom is 0.258 e. The molecule has 4 nitrogen and oxygen atoms in total. The van der Waals surface area contributed by atoms with Crippen molar-refractivity contribution in [3.63, 3.8) is 0 Å². The van der Waals surface area contributed by atoms with Crippen molar-refractivity contribution in [1.82, 2.24) is 14.8 Å². The number of hydrogen-bond donors (Lipinski definition) is 0. The molecule has 2 heterocycles. The Kier molecular flexibility index (Phi) is 5.06. The molecule has 1 fully saturated rings. The standard InChI is InChI=1S/C15H22FN3O/c1-3-9-19-10-6-12(7-11-19)18(2)15(20)13-5-4-8-17-14(13)16/h4-5,8,12H,3,6-7,9-11H2,1-2H3. The van der Waals surface area contributed by atoms with Crippen molar-refractivity contribution in [1.29, 1.82) is 0 Å². The molecular weight excluding hydrogens is 257 g/mol. The van der Waals surface area contributed by atoms with Crippen LogP contribution in [0.5, 0.6) is 0 Å². The number of aromatic nitrogens is 1. The fourth-order valence-electron chi connectivity index (χ4n) is 2.75. The van der Waals surface area contributed by atoms with Gasteiger partial charge in [0.2, 0.25) is 5.95 Å². The zero-order valence-electron chi connectivity index (χ0n) is 12.2. The minimum Gasteiger partial charge on any atom is -0.338 e. The van der Waals surface area contributed by atoms with E-state index in [2.05, 4.69) is 16.8 Å². The first-order valence-electron chi connectivity index (χ1n) is 7.23. The summed E-state index contributed by atoms with van der Waals surface area (Å²) in [6.07, 6.45) is 4.41. The molecule has 1 aromatic heterocycles. The minimum absolute atomic E-state index is 0.0611. The Balaban J connectivity index is 1.97. The van der Waals surface area contributed by atoms with E-state index in [4.69, 9.17) is 0 Å². The zero-order chi connectivity index (χ0) is 14.5. The molecule has 0 N–H and O–H groups in total. The van der Waals surface area contributed by atoms with Crippen LogP contribution in [0.2, 0.25) is 0 Å². The highest BCUT2D eigenvalue weighted by molar-refractivity contribution is 5.94. The topological polar surface area (TPSA) is 36.4 Å². The van der Waals surface area contributed by atoms with Gasteiger partial charge in [0.05, 0.1) is 5.56 Å². The average molecular weight is 279 g/mol. The van der Waals surface area contributed by atoms with Crippen molar-refractivity contribution in [2.75, 3.05) is 26.7 Å². The summed E-state index contributed by atoms with van der Waals surface area (Å²) in [4.78, 5) is 19.9. The maximum absolute atomic E-state index is 13.6. The number of carbonyl (C=O) groups is 1. The van der Waals surface area contributed by atoms with E-state index in [1.807, 2.05) is 0 Å². The van der Waals surface area contributed by atoms with Gasteiger partial charge in [-0.05, 0) is 37.9 Å². The Morgan fingerprint density at radius 1 is 1.50 bits per heavy atom. The third-order valence-corrected chi connectivity index (χ3v) is 3.95. The molecule has 0 aromatic carbocycles. The van der Waals surface area contributed by atoms with Gasteiger partial charge < -0.3 is 9.80 Å². The molecule has 20 heavy (non-hydrogen) atoms. The molecule has 1 amide bonds. The Morgan fingerprint density at radius 2 is 2.20 bits per heavy atom. The second kappa shape index (κ2) is 6.79. The molecule has 1 aliphatic heterocycles. The van der Waals surface area contributed by atoms with Gasteiger partial charge in [0, 0.05) is 32.4 Å². The average Bonchev–Trinajstić information content (AvgIpc) is 2.47. The number of rotatable bonds is 4. The number of piperidine rings is 1. The van der Waals surface area contributed by atoms with Crippen molar-refractivity contribution >= 4 is 5.91 Å². The van der Waals surface area contributed by atoms with Gasteiger partial charge in [0.15, 0.2) is 0 Å². The van der Waals surface area contributed by atoms with E-state index in [0.29, 0.717) is 0 Å². The van der Waals surface area contributed by atoms with Gasteiger partial charge in [-0.2, -0.15) is 4.39 Å². The van der Waals surface area contributed by atoms with Crippen LogP contribution < -0.4 is 0 Å². The second-order valence-corrected chi connectivity index (χ2v) is 5.33. The lowest BCUT2D eigenvalue weighted by molar-refractivity contribution is 0.0637. The molecule has 0 aliphatic carbocycles. The lowest BCUT2D eigenvalue weighted by atomic mass is 10.0. The normalized spacial score (nSPS) is 17.1. The quantitative estimate of drug-likeness (QED) is 0.793. The van der Waals surface area contributed by atoms with Crippen molar-refractivity contribution in [2.45, 2.75) is 32.2 Å². The number of carbonyl (C=O) groups excluding carboxylic acids is 1. The first-order valence-corrected chi connectivity index (χ1v) is 7.23. The van der Waals surface area contributed by atoms with Gasteiger partial charge in [-0.15, -0.1) is 0 Å². The van der Waals surface area contributed by atoms with Crippen molar-refractivity contribution in [3.8, 4) is 0 Å². The third kappa shape index (κ3) is 3.33. The minimum atomic E-state index is -0.687. The van der Waals surface area contributed by atoms with Crippen molar-refractivity contribution in [2.24, 2.45) is 0 Å². The Bertz CT molecular complexity index is 458. The van der Waals surface area contributed by atoms with Crippen LogP contribution in [0, 0.1) is 5.95 Å². The van der Waals surface area contributed by atoms with Crippen LogP contribution in [0.15, 0.2) is 18.3 Å². The smallest absolute Gasteiger partial charge is 0.258 e. The number of nitrogens with zero attached hydrogens (tertiary/aromatic N) is 3. The first kappa shape index (κ1) is 14.9. The van der Waals surface area contributed by atoms with E-state index >= 15 is 0 Å². The number of pyridine rings is 1. The van der Waals surface area contributed by atoms with Crippen LogP contribution in [0.25, 0.3) is 0 Å². The van der Waals surface area contributed by atoms with Gasteiger partial charge in [-0.1, -0.05) is 6.92 Å². The van der Waals surface area contributed by atoms with Crippen LogP contribution in [-0.4, -0.2) is 53.4 Å². The summed E-state index contributed by atoms with van der Waals surface area (Å²) >= 11 is 0. The highest BCUT2D eigenvalue weighted by atomic mass is 19.1. The summed E-state index contributed by atoms with van der Waals surface area (Å²) in [5.41, 5.74) is 0.0611. The summed E-state index contributed by atoms with van der Waals surface area (Å²) in [5, 5.41) is 0. The molecule has 0 unspecified atom stereocenters. The van der Waals surface area contributed by atoms with E-state index < -0.39 is 5.95 Å². The molecule has 110 valence electrons.